The fourth-order valence-corrected chi connectivity index (χ4v) is 2.77. The monoisotopic (exact) mass is 308 g/mol. The van der Waals surface area contributed by atoms with Crippen LogP contribution in [0.2, 0.25) is 0 Å². The van der Waals surface area contributed by atoms with E-state index in [9.17, 15) is 0 Å². The van der Waals surface area contributed by atoms with Crippen molar-refractivity contribution in [1.29, 1.82) is 0 Å². The van der Waals surface area contributed by atoms with E-state index >= 15 is 0 Å². The summed E-state index contributed by atoms with van der Waals surface area (Å²) in [5, 5.41) is 4.28. The fourth-order valence-electron chi connectivity index (χ4n) is 2.77. The molecule has 0 atom stereocenters. The number of likely N-dealkylation sites (N-methyl/N-ethyl adjacent to an activating group) is 1. The molecule has 2 aromatic carbocycles. The molecular formula is C19H24N4. The average molecular weight is 308 g/mol. The van der Waals surface area contributed by atoms with Gasteiger partial charge < -0.3 is 9.80 Å². The zero-order chi connectivity index (χ0) is 15.9. The molecule has 0 radical (unpaired) electrons. The molecule has 1 aliphatic rings. The molecule has 0 aliphatic carbocycles. The van der Waals surface area contributed by atoms with Crippen LogP contribution in [0.15, 0.2) is 59.7 Å². The molecule has 0 aromatic heterocycles. The predicted molar refractivity (Wildman–Crippen MR) is 98.4 cm³/mol. The first-order valence-electron chi connectivity index (χ1n) is 8.19. The molecule has 0 amide bonds. The maximum Gasteiger partial charge on any atom is 0.0561 e. The summed E-state index contributed by atoms with van der Waals surface area (Å²) in [6.07, 6.45) is 3.08. The average Bonchev–Trinajstić information content (AvgIpc) is 2.81. The molecule has 0 saturated carbocycles. The van der Waals surface area contributed by atoms with Crippen LogP contribution in [0.4, 0.5) is 11.4 Å². The Morgan fingerprint density at radius 2 is 1.70 bits per heavy atom. The van der Waals surface area contributed by atoms with E-state index < -0.39 is 0 Å². The third-order valence-electron chi connectivity index (χ3n) is 4.16. The first-order chi connectivity index (χ1) is 11.3. The van der Waals surface area contributed by atoms with Crippen LogP contribution in [0, 0.1) is 0 Å². The van der Waals surface area contributed by atoms with Crippen LogP contribution in [0.25, 0.3) is 0 Å². The topological polar surface area (TPSA) is 30.9 Å². The molecule has 1 N–H and O–H groups in total. The number of hydrogen-bond acceptors (Lipinski definition) is 4. The van der Waals surface area contributed by atoms with Crippen molar-refractivity contribution >= 4 is 17.6 Å². The second-order valence-corrected chi connectivity index (χ2v) is 5.97. The highest BCUT2D eigenvalue weighted by molar-refractivity contribution is 5.81. The van der Waals surface area contributed by atoms with E-state index in [1.54, 1.807) is 0 Å². The van der Waals surface area contributed by atoms with Gasteiger partial charge in [-0.3, -0.25) is 5.43 Å². The van der Waals surface area contributed by atoms with Gasteiger partial charge in [-0.2, -0.15) is 5.10 Å². The lowest BCUT2D eigenvalue weighted by Gasteiger charge is -2.22. The van der Waals surface area contributed by atoms with Crippen molar-refractivity contribution in [3.63, 3.8) is 0 Å². The van der Waals surface area contributed by atoms with Crippen molar-refractivity contribution in [2.24, 2.45) is 5.10 Å². The van der Waals surface area contributed by atoms with Gasteiger partial charge >= 0.3 is 0 Å². The number of hydrazone groups is 1. The van der Waals surface area contributed by atoms with Crippen molar-refractivity contribution in [3.05, 3.63) is 60.2 Å². The van der Waals surface area contributed by atoms with Crippen LogP contribution in [0.1, 0.15) is 12.0 Å². The smallest absolute Gasteiger partial charge is 0.0561 e. The summed E-state index contributed by atoms with van der Waals surface area (Å²) >= 11 is 0. The summed E-state index contributed by atoms with van der Waals surface area (Å²) in [5.41, 5.74) is 6.43. The van der Waals surface area contributed by atoms with Gasteiger partial charge in [0.15, 0.2) is 0 Å². The van der Waals surface area contributed by atoms with Crippen LogP contribution < -0.4 is 10.3 Å². The molecular weight excluding hydrogens is 284 g/mol. The van der Waals surface area contributed by atoms with E-state index in [1.807, 2.05) is 36.5 Å². The number of rotatable bonds is 4. The van der Waals surface area contributed by atoms with Crippen LogP contribution in [-0.4, -0.2) is 44.3 Å². The van der Waals surface area contributed by atoms with Gasteiger partial charge in [0, 0.05) is 25.3 Å². The zero-order valence-corrected chi connectivity index (χ0v) is 13.7. The van der Waals surface area contributed by atoms with Gasteiger partial charge in [0.05, 0.1) is 11.9 Å². The molecule has 1 heterocycles. The standard InChI is InChI=1S/C19H24N4/c1-22-12-5-13-23(15-14-22)19-10-8-17(9-11-19)16-20-21-18-6-3-2-4-7-18/h2-4,6-11,16,21H,5,12-15H2,1H3. The highest BCUT2D eigenvalue weighted by Gasteiger charge is 2.12. The predicted octanol–water partition coefficient (Wildman–Crippen LogP) is 3.27. The number of benzene rings is 2. The third kappa shape index (κ3) is 4.57. The number of para-hydroxylation sites is 1. The Morgan fingerprint density at radius 3 is 2.48 bits per heavy atom. The maximum atomic E-state index is 4.28. The minimum Gasteiger partial charge on any atom is -0.370 e. The summed E-state index contributed by atoms with van der Waals surface area (Å²) in [6.45, 7) is 4.55. The minimum absolute atomic E-state index is 0.994. The molecule has 4 heteroatoms. The molecule has 2 aromatic rings. The Labute approximate surface area is 138 Å². The molecule has 23 heavy (non-hydrogen) atoms. The van der Waals surface area contributed by atoms with Crippen LogP contribution in [0.5, 0.6) is 0 Å². The van der Waals surface area contributed by atoms with Gasteiger partial charge in [-0.25, -0.2) is 0 Å². The molecule has 0 bridgehead atoms. The lowest BCUT2D eigenvalue weighted by atomic mass is 10.2. The molecule has 120 valence electrons. The Kier molecular flexibility index (Phi) is 5.27. The van der Waals surface area contributed by atoms with Crippen molar-refractivity contribution in [2.45, 2.75) is 6.42 Å². The van der Waals surface area contributed by atoms with E-state index in [4.69, 9.17) is 0 Å². The van der Waals surface area contributed by atoms with Crippen molar-refractivity contribution < 1.29 is 0 Å². The first kappa shape index (κ1) is 15.6. The van der Waals surface area contributed by atoms with Gasteiger partial charge in [-0.05, 0) is 49.8 Å². The quantitative estimate of drug-likeness (QED) is 0.695. The van der Waals surface area contributed by atoms with Gasteiger partial charge in [0.25, 0.3) is 0 Å². The summed E-state index contributed by atoms with van der Waals surface area (Å²) in [4.78, 5) is 4.86. The first-order valence-corrected chi connectivity index (χ1v) is 8.19. The van der Waals surface area contributed by atoms with Gasteiger partial charge in [-0.1, -0.05) is 30.3 Å². The Hall–Kier alpha value is -2.33. The van der Waals surface area contributed by atoms with E-state index in [2.05, 4.69) is 51.6 Å². The lowest BCUT2D eigenvalue weighted by Crippen LogP contribution is -2.28. The molecule has 3 rings (SSSR count). The van der Waals surface area contributed by atoms with Gasteiger partial charge in [0.1, 0.15) is 0 Å². The van der Waals surface area contributed by atoms with Crippen molar-refractivity contribution in [3.8, 4) is 0 Å². The summed E-state index contributed by atoms with van der Waals surface area (Å²) in [6, 6.07) is 18.6. The van der Waals surface area contributed by atoms with Gasteiger partial charge in [0.2, 0.25) is 0 Å². The SMILES string of the molecule is CN1CCCN(c2ccc(C=NNc3ccccc3)cc2)CC1. The molecule has 1 fully saturated rings. The van der Waals surface area contributed by atoms with Crippen molar-refractivity contribution in [2.75, 3.05) is 43.6 Å². The molecule has 0 unspecified atom stereocenters. The molecule has 1 aliphatic heterocycles. The van der Waals surface area contributed by atoms with Crippen molar-refractivity contribution in [1.82, 2.24) is 4.90 Å². The second kappa shape index (κ2) is 7.79. The second-order valence-electron chi connectivity index (χ2n) is 5.97. The highest BCUT2D eigenvalue weighted by atomic mass is 15.3. The number of hydrogen-bond donors (Lipinski definition) is 1. The third-order valence-corrected chi connectivity index (χ3v) is 4.16. The van der Waals surface area contributed by atoms with Crippen LogP contribution in [-0.2, 0) is 0 Å². The highest BCUT2D eigenvalue weighted by Crippen LogP contribution is 2.16. The Bertz CT molecular complexity index is 622. The summed E-state index contributed by atoms with van der Waals surface area (Å²) < 4.78 is 0. The van der Waals surface area contributed by atoms with E-state index in [0.717, 1.165) is 30.9 Å². The van der Waals surface area contributed by atoms with Gasteiger partial charge in [-0.15, -0.1) is 0 Å². The summed E-state index contributed by atoms with van der Waals surface area (Å²) in [5.74, 6) is 0. The normalized spacial score (nSPS) is 16.5. The van der Waals surface area contributed by atoms with E-state index in [-0.39, 0.29) is 0 Å². The maximum absolute atomic E-state index is 4.28. The molecule has 1 saturated heterocycles. The lowest BCUT2D eigenvalue weighted by molar-refractivity contribution is 0.360. The minimum atomic E-state index is 0.994. The van der Waals surface area contributed by atoms with Crippen LogP contribution in [0.3, 0.4) is 0 Å². The number of anilines is 2. The zero-order valence-electron chi connectivity index (χ0n) is 13.7. The molecule has 4 nitrogen and oxygen atoms in total. The summed E-state index contributed by atoms with van der Waals surface area (Å²) in [7, 11) is 2.20. The molecule has 0 spiro atoms. The number of nitrogens with zero attached hydrogens (tertiary/aromatic N) is 3. The van der Waals surface area contributed by atoms with E-state index in [0.29, 0.717) is 0 Å². The largest absolute Gasteiger partial charge is 0.370 e. The van der Waals surface area contributed by atoms with E-state index in [1.165, 1.54) is 18.7 Å². The fraction of sp³-hybridized carbons (Fsp3) is 0.316. The Morgan fingerprint density at radius 1 is 0.913 bits per heavy atom. The number of nitrogens with one attached hydrogen (secondary N) is 1. The Balaban J connectivity index is 1.58. The van der Waals surface area contributed by atoms with Crippen LogP contribution >= 0.6 is 0 Å².